The summed E-state index contributed by atoms with van der Waals surface area (Å²) in [7, 11) is 3.19. The lowest BCUT2D eigenvalue weighted by Gasteiger charge is -2.13. The molecule has 0 aliphatic heterocycles. The lowest BCUT2D eigenvalue weighted by atomic mass is 10.2. The summed E-state index contributed by atoms with van der Waals surface area (Å²) in [5.74, 6) is -2.06. The van der Waals surface area contributed by atoms with E-state index in [0.717, 1.165) is 4.57 Å². The second-order valence-electron chi connectivity index (χ2n) is 6.34. The predicted octanol–water partition coefficient (Wildman–Crippen LogP) is 3.40. The van der Waals surface area contributed by atoms with Gasteiger partial charge >= 0.3 is 6.18 Å². The summed E-state index contributed by atoms with van der Waals surface area (Å²) in [6.45, 7) is -0.568. The molecule has 1 heterocycles. The van der Waals surface area contributed by atoms with Gasteiger partial charge in [-0.3, -0.25) is 9.59 Å². The van der Waals surface area contributed by atoms with E-state index in [1.165, 1.54) is 23.1 Å². The minimum absolute atomic E-state index is 0.154. The molecule has 3 aromatic rings. The number of nitrogens with zero attached hydrogens (tertiary/aromatic N) is 3. The second kappa shape index (κ2) is 7.34. The number of imidazole rings is 1. The van der Waals surface area contributed by atoms with Gasteiger partial charge in [0.2, 0.25) is 11.7 Å². The number of carbonyl (C=O) groups is 2. The molecule has 2 amide bonds. The van der Waals surface area contributed by atoms with Crippen LogP contribution in [0, 0.1) is 0 Å². The highest BCUT2D eigenvalue weighted by atomic mass is 19.4. The third kappa shape index (κ3) is 3.98. The maximum absolute atomic E-state index is 13.3. The predicted molar refractivity (Wildman–Crippen MR) is 97.8 cm³/mol. The van der Waals surface area contributed by atoms with Crippen molar-refractivity contribution in [1.82, 2.24) is 14.5 Å². The molecule has 0 spiro atoms. The van der Waals surface area contributed by atoms with E-state index in [2.05, 4.69) is 10.3 Å². The van der Waals surface area contributed by atoms with Crippen LogP contribution in [0.4, 0.5) is 18.9 Å². The maximum atomic E-state index is 13.3. The summed E-state index contributed by atoms with van der Waals surface area (Å²) < 4.78 is 40.8. The fourth-order valence-corrected chi connectivity index (χ4v) is 2.78. The van der Waals surface area contributed by atoms with E-state index in [0.29, 0.717) is 11.3 Å². The van der Waals surface area contributed by atoms with Gasteiger partial charge in [-0.25, -0.2) is 4.98 Å². The monoisotopic (exact) mass is 390 g/mol. The summed E-state index contributed by atoms with van der Waals surface area (Å²) >= 11 is 0. The first-order valence-corrected chi connectivity index (χ1v) is 8.31. The molecule has 9 heteroatoms. The van der Waals surface area contributed by atoms with E-state index in [9.17, 15) is 22.8 Å². The van der Waals surface area contributed by atoms with Gasteiger partial charge in [0.05, 0.1) is 11.0 Å². The van der Waals surface area contributed by atoms with Gasteiger partial charge in [0, 0.05) is 25.3 Å². The summed E-state index contributed by atoms with van der Waals surface area (Å²) in [5, 5.41) is 2.53. The van der Waals surface area contributed by atoms with Crippen LogP contribution in [0.2, 0.25) is 0 Å². The molecule has 0 unspecified atom stereocenters. The number of alkyl halides is 3. The molecular weight excluding hydrogens is 373 g/mol. The molecule has 1 aromatic heterocycles. The third-order valence-corrected chi connectivity index (χ3v) is 4.01. The standard InChI is InChI=1S/C19H17F3N4O2/c1-25(2)17(28)12-6-5-7-13(10-12)23-16(27)11-26-15-9-4-3-8-14(15)24-18(26)19(20,21)22/h3-10H,11H2,1-2H3,(H,23,27). The average molecular weight is 390 g/mol. The molecule has 0 saturated heterocycles. The molecule has 1 N–H and O–H groups in total. The first-order chi connectivity index (χ1) is 13.2. The van der Waals surface area contributed by atoms with Gasteiger partial charge in [-0.2, -0.15) is 13.2 Å². The van der Waals surface area contributed by atoms with Crippen molar-refractivity contribution in [2.75, 3.05) is 19.4 Å². The zero-order valence-corrected chi connectivity index (χ0v) is 15.1. The van der Waals surface area contributed by atoms with Crippen molar-refractivity contribution in [2.45, 2.75) is 12.7 Å². The highest BCUT2D eigenvalue weighted by Gasteiger charge is 2.38. The van der Waals surface area contributed by atoms with Crippen LogP contribution < -0.4 is 5.32 Å². The molecule has 6 nitrogen and oxygen atoms in total. The summed E-state index contributed by atoms with van der Waals surface area (Å²) in [5.41, 5.74) is 1.03. The van der Waals surface area contributed by atoms with Crippen LogP contribution in [-0.2, 0) is 17.5 Å². The fourth-order valence-electron chi connectivity index (χ4n) is 2.78. The van der Waals surface area contributed by atoms with E-state index in [4.69, 9.17) is 0 Å². The van der Waals surface area contributed by atoms with Crippen molar-refractivity contribution in [3.05, 3.63) is 59.9 Å². The molecular formula is C19H17F3N4O2. The maximum Gasteiger partial charge on any atom is 0.449 e. The number of rotatable bonds is 4. The van der Waals surface area contributed by atoms with E-state index in [-0.39, 0.29) is 16.9 Å². The zero-order valence-electron chi connectivity index (χ0n) is 15.1. The topological polar surface area (TPSA) is 67.2 Å². The van der Waals surface area contributed by atoms with Gasteiger partial charge in [0.15, 0.2) is 0 Å². The summed E-state index contributed by atoms with van der Waals surface area (Å²) in [4.78, 5) is 29.4. The molecule has 0 saturated carbocycles. The highest BCUT2D eigenvalue weighted by Crippen LogP contribution is 2.31. The van der Waals surface area contributed by atoms with Crippen molar-refractivity contribution in [3.63, 3.8) is 0 Å². The van der Waals surface area contributed by atoms with Crippen molar-refractivity contribution in [3.8, 4) is 0 Å². The highest BCUT2D eigenvalue weighted by molar-refractivity contribution is 5.97. The molecule has 0 atom stereocenters. The van der Waals surface area contributed by atoms with Crippen LogP contribution in [0.3, 0.4) is 0 Å². The van der Waals surface area contributed by atoms with Gasteiger partial charge in [-0.15, -0.1) is 0 Å². The smallest absolute Gasteiger partial charge is 0.345 e. The molecule has 0 radical (unpaired) electrons. The lowest BCUT2D eigenvalue weighted by Crippen LogP contribution is -2.24. The number of fused-ring (bicyclic) bond motifs is 1. The van der Waals surface area contributed by atoms with Crippen molar-refractivity contribution in [1.29, 1.82) is 0 Å². The average Bonchev–Trinajstić information content (AvgIpc) is 3.00. The Kier molecular flexibility index (Phi) is 5.08. The van der Waals surface area contributed by atoms with Crippen LogP contribution in [0.5, 0.6) is 0 Å². The molecule has 3 rings (SSSR count). The van der Waals surface area contributed by atoms with E-state index in [1.54, 1.807) is 44.4 Å². The molecule has 146 valence electrons. The summed E-state index contributed by atoms with van der Waals surface area (Å²) in [6.07, 6.45) is -4.70. The van der Waals surface area contributed by atoms with E-state index in [1.807, 2.05) is 0 Å². The number of hydrogen-bond donors (Lipinski definition) is 1. The Morgan fingerprint density at radius 3 is 2.50 bits per heavy atom. The van der Waals surface area contributed by atoms with Crippen molar-refractivity contribution in [2.24, 2.45) is 0 Å². The Morgan fingerprint density at radius 2 is 1.82 bits per heavy atom. The Morgan fingerprint density at radius 1 is 1.11 bits per heavy atom. The number of hydrogen-bond acceptors (Lipinski definition) is 3. The molecule has 0 aliphatic carbocycles. The first-order valence-electron chi connectivity index (χ1n) is 8.31. The van der Waals surface area contributed by atoms with Crippen LogP contribution in [-0.4, -0.2) is 40.4 Å². The number of para-hydroxylation sites is 2. The number of amides is 2. The fraction of sp³-hybridized carbons (Fsp3) is 0.211. The SMILES string of the molecule is CN(C)C(=O)c1cccc(NC(=O)Cn2c(C(F)(F)F)nc3ccccc32)c1. The Labute approximate surface area is 158 Å². The van der Waals surface area contributed by atoms with Gasteiger partial charge in [-0.1, -0.05) is 18.2 Å². The number of aromatic nitrogens is 2. The largest absolute Gasteiger partial charge is 0.449 e. The van der Waals surface area contributed by atoms with Gasteiger partial charge in [-0.05, 0) is 30.3 Å². The molecule has 28 heavy (non-hydrogen) atoms. The van der Waals surface area contributed by atoms with Gasteiger partial charge in [0.1, 0.15) is 6.54 Å². The second-order valence-corrected chi connectivity index (χ2v) is 6.34. The van der Waals surface area contributed by atoms with Crippen LogP contribution >= 0.6 is 0 Å². The number of halogens is 3. The number of benzene rings is 2. The minimum atomic E-state index is -4.70. The Hall–Kier alpha value is -3.36. The molecule has 2 aromatic carbocycles. The van der Waals surface area contributed by atoms with Crippen LogP contribution in [0.1, 0.15) is 16.2 Å². The normalized spacial score (nSPS) is 11.5. The van der Waals surface area contributed by atoms with Crippen molar-refractivity contribution >= 4 is 28.5 Å². The zero-order chi connectivity index (χ0) is 20.5. The molecule has 0 aliphatic rings. The quantitative estimate of drug-likeness (QED) is 0.743. The third-order valence-electron chi connectivity index (χ3n) is 4.01. The Balaban J connectivity index is 1.86. The van der Waals surface area contributed by atoms with Gasteiger partial charge < -0.3 is 14.8 Å². The van der Waals surface area contributed by atoms with Crippen LogP contribution in [0.15, 0.2) is 48.5 Å². The first kappa shape index (κ1) is 19.4. The molecule has 0 bridgehead atoms. The van der Waals surface area contributed by atoms with E-state index < -0.39 is 24.5 Å². The minimum Gasteiger partial charge on any atom is -0.345 e. The van der Waals surface area contributed by atoms with Crippen LogP contribution in [0.25, 0.3) is 11.0 Å². The number of carbonyl (C=O) groups excluding carboxylic acids is 2. The van der Waals surface area contributed by atoms with Gasteiger partial charge in [0.25, 0.3) is 5.91 Å². The number of nitrogens with one attached hydrogen (secondary N) is 1. The van der Waals surface area contributed by atoms with E-state index >= 15 is 0 Å². The summed E-state index contributed by atoms with van der Waals surface area (Å²) in [6, 6.07) is 12.3. The Bertz CT molecular complexity index is 1040. The molecule has 0 fully saturated rings. The van der Waals surface area contributed by atoms with Crippen molar-refractivity contribution < 1.29 is 22.8 Å². The lowest BCUT2D eigenvalue weighted by molar-refractivity contribution is -0.147. The number of anilines is 1.